The van der Waals surface area contributed by atoms with Gasteiger partial charge in [-0.3, -0.25) is 4.79 Å². The molecule has 2 atom stereocenters. The molecule has 1 aliphatic carbocycles. The number of nitrogens with one attached hydrogen (secondary N) is 1. The minimum atomic E-state index is -3.67. The number of carboxylic acid groups (broad SMARTS) is 1. The number of nitrogens with zero attached hydrogens (tertiary/aromatic N) is 1. The Morgan fingerprint density at radius 2 is 2.00 bits per heavy atom. The number of hydrogen-bond acceptors (Lipinski definition) is 4. The van der Waals surface area contributed by atoms with Crippen LogP contribution in [0.1, 0.15) is 32.1 Å². The van der Waals surface area contributed by atoms with Crippen molar-refractivity contribution in [3.05, 3.63) is 0 Å². The molecule has 0 radical (unpaired) electrons. The van der Waals surface area contributed by atoms with E-state index in [0.29, 0.717) is 6.42 Å². The summed E-state index contributed by atoms with van der Waals surface area (Å²) in [5, 5.41) is 18.3. The molecule has 0 aliphatic heterocycles. The predicted molar refractivity (Wildman–Crippen MR) is 69.8 cm³/mol. The molecule has 0 aromatic heterocycles. The third-order valence-corrected chi connectivity index (χ3v) is 4.98. The summed E-state index contributed by atoms with van der Waals surface area (Å²) < 4.78 is 27.1. The smallest absolute Gasteiger partial charge is 0.304 e. The Balaban J connectivity index is 2.43. The Bertz CT molecular complexity index is 398. The second kappa shape index (κ2) is 7.18. The van der Waals surface area contributed by atoms with Crippen molar-refractivity contribution in [1.29, 1.82) is 0 Å². The molecule has 19 heavy (non-hydrogen) atoms. The van der Waals surface area contributed by atoms with Crippen molar-refractivity contribution < 1.29 is 23.4 Å². The van der Waals surface area contributed by atoms with Crippen molar-refractivity contribution in [2.45, 2.75) is 38.2 Å². The molecular weight excluding hydrogens is 272 g/mol. The molecule has 8 heteroatoms. The van der Waals surface area contributed by atoms with E-state index in [2.05, 4.69) is 4.72 Å². The molecule has 7 nitrogen and oxygen atoms in total. The zero-order valence-electron chi connectivity index (χ0n) is 11.1. The van der Waals surface area contributed by atoms with Crippen molar-refractivity contribution in [1.82, 2.24) is 9.03 Å². The summed E-state index contributed by atoms with van der Waals surface area (Å²) in [7, 11) is -2.33. The Hall–Kier alpha value is -0.700. The summed E-state index contributed by atoms with van der Waals surface area (Å²) in [4.78, 5) is 10.4. The average molecular weight is 294 g/mol. The second-order valence-corrected chi connectivity index (χ2v) is 6.79. The van der Waals surface area contributed by atoms with Crippen LogP contribution in [-0.2, 0) is 15.0 Å². The first-order chi connectivity index (χ1) is 8.83. The maximum atomic E-state index is 11.8. The SMILES string of the molecule is CN(CCC(=O)O)S(=O)(=O)NCC1CCCCC1O. The van der Waals surface area contributed by atoms with Gasteiger partial charge in [0.15, 0.2) is 0 Å². The topological polar surface area (TPSA) is 107 Å². The molecule has 112 valence electrons. The van der Waals surface area contributed by atoms with Crippen molar-refractivity contribution >= 4 is 16.2 Å². The number of carboxylic acids is 1. The molecule has 0 aromatic carbocycles. The van der Waals surface area contributed by atoms with Crippen LogP contribution in [0.15, 0.2) is 0 Å². The Morgan fingerprint density at radius 3 is 2.58 bits per heavy atom. The Labute approximate surface area is 113 Å². The minimum Gasteiger partial charge on any atom is -0.481 e. The molecule has 0 spiro atoms. The normalized spacial score (nSPS) is 24.6. The van der Waals surface area contributed by atoms with Gasteiger partial charge in [0, 0.05) is 20.1 Å². The van der Waals surface area contributed by atoms with Gasteiger partial charge in [-0.1, -0.05) is 12.8 Å². The number of carbonyl (C=O) groups is 1. The fraction of sp³-hybridized carbons (Fsp3) is 0.909. The van der Waals surface area contributed by atoms with Gasteiger partial charge >= 0.3 is 5.97 Å². The van der Waals surface area contributed by atoms with Crippen LogP contribution < -0.4 is 4.72 Å². The van der Waals surface area contributed by atoms with Crippen molar-refractivity contribution in [3.63, 3.8) is 0 Å². The Kier molecular flexibility index (Phi) is 6.18. The number of rotatable bonds is 7. The summed E-state index contributed by atoms with van der Waals surface area (Å²) in [6.45, 7) is 0.124. The highest BCUT2D eigenvalue weighted by molar-refractivity contribution is 7.87. The van der Waals surface area contributed by atoms with E-state index in [1.807, 2.05) is 0 Å². The van der Waals surface area contributed by atoms with Crippen LogP contribution in [0.3, 0.4) is 0 Å². The van der Waals surface area contributed by atoms with Gasteiger partial charge in [-0.2, -0.15) is 12.7 Å². The van der Waals surface area contributed by atoms with Gasteiger partial charge in [-0.25, -0.2) is 4.72 Å². The van der Waals surface area contributed by atoms with Crippen molar-refractivity contribution in [2.75, 3.05) is 20.1 Å². The van der Waals surface area contributed by atoms with Crippen LogP contribution in [0.5, 0.6) is 0 Å². The first kappa shape index (κ1) is 16.4. The van der Waals surface area contributed by atoms with Gasteiger partial charge < -0.3 is 10.2 Å². The third-order valence-electron chi connectivity index (χ3n) is 3.45. The first-order valence-electron chi connectivity index (χ1n) is 6.43. The van der Waals surface area contributed by atoms with E-state index in [9.17, 15) is 18.3 Å². The van der Waals surface area contributed by atoms with E-state index in [4.69, 9.17) is 5.11 Å². The number of aliphatic carboxylic acids is 1. The Morgan fingerprint density at radius 1 is 1.37 bits per heavy atom. The third kappa shape index (κ3) is 5.43. The van der Waals surface area contributed by atoms with Crippen molar-refractivity contribution in [2.24, 2.45) is 5.92 Å². The molecule has 0 bridgehead atoms. The molecule has 1 fully saturated rings. The fourth-order valence-corrected chi connectivity index (χ4v) is 3.10. The lowest BCUT2D eigenvalue weighted by Crippen LogP contribution is -2.43. The summed E-state index contributed by atoms with van der Waals surface area (Å²) in [5.41, 5.74) is 0. The van der Waals surface area contributed by atoms with E-state index in [1.165, 1.54) is 7.05 Å². The zero-order valence-corrected chi connectivity index (χ0v) is 11.9. The largest absolute Gasteiger partial charge is 0.481 e. The number of hydrogen-bond donors (Lipinski definition) is 3. The molecule has 0 saturated heterocycles. The van der Waals surface area contributed by atoms with Crippen molar-refractivity contribution in [3.8, 4) is 0 Å². The van der Waals surface area contributed by atoms with E-state index in [0.717, 1.165) is 23.6 Å². The first-order valence-corrected chi connectivity index (χ1v) is 7.87. The molecule has 2 unspecified atom stereocenters. The maximum absolute atomic E-state index is 11.8. The van der Waals surface area contributed by atoms with E-state index in [1.54, 1.807) is 0 Å². The quantitative estimate of drug-likeness (QED) is 0.601. The molecule has 1 rings (SSSR count). The van der Waals surface area contributed by atoms with Gasteiger partial charge in [-0.15, -0.1) is 0 Å². The van der Waals surface area contributed by atoms with Crippen LogP contribution in [0.4, 0.5) is 0 Å². The molecule has 0 heterocycles. The predicted octanol–water partition coefficient (Wildman–Crippen LogP) is -0.222. The molecule has 3 N–H and O–H groups in total. The van der Waals surface area contributed by atoms with Gasteiger partial charge in [0.1, 0.15) is 0 Å². The standard InChI is InChI=1S/C11H22N2O5S/c1-13(7-6-11(15)16)19(17,18)12-8-9-4-2-3-5-10(9)14/h9-10,12,14H,2-8H2,1H3,(H,15,16). The van der Waals surface area contributed by atoms with Crippen LogP contribution in [0, 0.1) is 5.92 Å². The molecule has 0 aromatic rings. The monoisotopic (exact) mass is 294 g/mol. The van der Waals surface area contributed by atoms with Crippen LogP contribution in [0.2, 0.25) is 0 Å². The molecule has 1 aliphatic rings. The summed E-state index contributed by atoms with van der Waals surface area (Å²) in [5.74, 6) is -1.10. The highest BCUT2D eigenvalue weighted by Gasteiger charge is 2.26. The minimum absolute atomic E-state index is 0.0589. The highest BCUT2D eigenvalue weighted by Crippen LogP contribution is 2.23. The maximum Gasteiger partial charge on any atom is 0.304 e. The van der Waals surface area contributed by atoms with Gasteiger partial charge in [0.25, 0.3) is 10.2 Å². The lowest BCUT2D eigenvalue weighted by Gasteiger charge is -2.28. The molecule has 0 amide bonds. The summed E-state index contributed by atoms with van der Waals surface area (Å²) >= 11 is 0. The van der Waals surface area contributed by atoms with E-state index in [-0.39, 0.29) is 25.4 Å². The average Bonchev–Trinajstić information content (AvgIpc) is 2.34. The summed E-state index contributed by atoms with van der Waals surface area (Å²) in [6, 6.07) is 0. The number of aliphatic hydroxyl groups is 1. The highest BCUT2D eigenvalue weighted by atomic mass is 32.2. The van der Waals surface area contributed by atoms with Gasteiger partial charge in [0.2, 0.25) is 0 Å². The zero-order chi connectivity index (χ0) is 14.5. The van der Waals surface area contributed by atoms with Crippen LogP contribution >= 0.6 is 0 Å². The second-order valence-electron chi connectivity index (χ2n) is 4.93. The fourth-order valence-electron chi connectivity index (χ4n) is 2.12. The van der Waals surface area contributed by atoms with Gasteiger partial charge in [-0.05, 0) is 18.8 Å². The van der Waals surface area contributed by atoms with Crippen LogP contribution in [-0.4, -0.2) is 55.1 Å². The van der Waals surface area contributed by atoms with E-state index < -0.39 is 22.3 Å². The summed E-state index contributed by atoms with van der Waals surface area (Å²) in [6.07, 6.45) is 2.80. The lowest BCUT2D eigenvalue weighted by atomic mass is 9.87. The molecule has 1 saturated carbocycles. The van der Waals surface area contributed by atoms with Crippen LogP contribution in [0.25, 0.3) is 0 Å². The van der Waals surface area contributed by atoms with E-state index >= 15 is 0 Å². The number of aliphatic hydroxyl groups excluding tert-OH is 1. The van der Waals surface area contributed by atoms with Gasteiger partial charge in [0.05, 0.1) is 12.5 Å². The lowest BCUT2D eigenvalue weighted by molar-refractivity contribution is -0.137. The molecular formula is C11H22N2O5S.